The van der Waals surface area contributed by atoms with E-state index in [1.165, 1.54) is 11.8 Å². The van der Waals surface area contributed by atoms with Gasteiger partial charge in [0, 0.05) is 25.2 Å². The fourth-order valence-electron chi connectivity index (χ4n) is 0.994. The van der Waals surface area contributed by atoms with E-state index in [-0.39, 0.29) is 19.8 Å². The number of aromatic nitrogens is 2. The number of aliphatic hydroxyl groups is 2. The van der Waals surface area contributed by atoms with Gasteiger partial charge in [0.05, 0.1) is 25.9 Å². The van der Waals surface area contributed by atoms with E-state index >= 15 is 0 Å². The van der Waals surface area contributed by atoms with E-state index in [2.05, 4.69) is 4.98 Å². The number of imidazole rings is 1. The molecule has 1 heterocycles. The second-order valence-electron chi connectivity index (χ2n) is 3.08. The van der Waals surface area contributed by atoms with Crippen molar-refractivity contribution in [3.05, 3.63) is 12.4 Å². The summed E-state index contributed by atoms with van der Waals surface area (Å²) in [7, 11) is 1.91. The predicted molar refractivity (Wildman–Crippen MR) is 57.8 cm³/mol. The van der Waals surface area contributed by atoms with Gasteiger partial charge in [0.1, 0.15) is 0 Å². The summed E-state index contributed by atoms with van der Waals surface area (Å²) in [6.07, 6.45) is 3.05. The third-order valence-corrected chi connectivity index (χ3v) is 2.93. The molecule has 1 unspecified atom stereocenters. The van der Waals surface area contributed by atoms with Gasteiger partial charge in [0.2, 0.25) is 0 Å². The minimum atomic E-state index is -0.529. The molecule has 0 aliphatic heterocycles. The minimum absolute atomic E-state index is 0.0147. The molecule has 0 aliphatic carbocycles. The van der Waals surface area contributed by atoms with Gasteiger partial charge in [-0.2, -0.15) is 0 Å². The van der Waals surface area contributed by atoms with Gasteiger partial charge in [-0.15, -0.1) is 0 Å². The van der Waals surface area contributed by atoms with Crippen LogP contribution >= 0.6 is 11.8 Å². The van der Waals surface area contributed by atoms with E-state index in [0.717, 1.165) is 5.16 Å². The predicted octanol–water partition coefficient (Wildman–Crippen LogP) is -0.118. The van der Waals surface area contributed by atoms with Gasteiger partial charge in [-0.25, -0.2) is 4.98 Å². The molecule has 0 aliphatic rings. The molecule has 6 heteroatoms. The Morgan fingerprint density at radius 3 is 3.07 bits per heavy atom. The Morgan fingerprint density at radius 1 is 1.67 bits per heavy atom. The Bertz CT molecular complexity index is 280. The zero-order chi connectivity index (χ0) is 11.1. The van der Waals surface area contributed by atoms with Gasteiger partial charge < -0.3 is 19.5 Å². The highest BCUT2D eigenvalue weighted by Crippen LogP contribution is 2.15. The molecule has 0 bridgehead atoms. The van der Waals surface area contributed by atoms with Crippen molar-refractivity contribution in [1.82, 2.24) is 9.55 Å². The smallest absolute Gasteiger partial charge is 0.167 e. The van der Waals surface area contributed by atoms with Gasteiger partial charge in [-0.1, -0.05) is 11.8 Å². The van der Waals surface area contributed by atoms with Crippen LogP contribution in [0.4, 0.5) is 0 Å². The number of ether oxygens (including phenoxy) is 1. The molecular weight excluding hydrogens is 216 g/mol. The number of aryl methyl sites for hydroxylation is 1. The molecule has 1 aromatic rings. The fourth-order valence-corrected chi connectivity index (χ4v) is 1.83. The van der Waals surface area contributed by atoms with E-state index in [9.17, 15) is 5.11 Å². The zero-order valence-corrected chi connectivity index (χ0v) is 9.48. The molecule has 0 spiro atoms. The summed E-state index contributed by atoms with van der Waals surface area (Å²) in [5.41, 5.74) is 0. The highest BCUT2D eigenvalue weighted by atomic mass is 32.2. The molecule has 0 saturated heterocycles. The highest BCUT2D eigenvalue weighted by Gasteiger charge is 2.07. The monoisotopic (exact) mass is 232 g/mol. The summed E-state index contributed by atoms with van der Waals surface area (Å²) in [5.74, 6) is 0.538. The SMILES string of the molecule is Cn1ccnc1SCC(O)COCCO. The molecular formula is C9H16N2O3S. The lowest BCUT2D eigenvalue weighted by Crippen LogP contribution is -2.19. The van der Waals surface area contributed by atoms with Crippen LogP contribution in [0.5, 0.6) is 0 Å². The number of hydrogen-bond acceptors (Lipinski definition) is 5. The Morgan fingerprint density at radius 2 is 2.47 bits per heavy atom. The summed E-state index contributed by atoms with van der Waals surface area (Å²) in [5, 5.41) is 18.8. The average molecular weight is 232 g/mol. The van der Waals surface area contributed by atoms with Gasteiger partial charge in [-0.05, 0) is 0 Å². The third kappa shape index (κ3) is 4.65. The molecule has 1 aromatic heterocycles. The summed E-state index contributed by atoms with van der Waals surface area (Å²) in [4.78, 5) is 4.12. The molecule has 15 heavy (non-hydrogen) atoms. The van der Waals surface area contributed by atoms with Crippen LogP contribution in [0, 0.1) is 0 Å². The molecule has 0 saturated carbocycles. The van der Waals surface area contributed by atoms with Crippen molar-refractivity contribution in [2.24, 2.45) is 7.05 Å². The molecule has 0 aromatic carbocycles. The van der Waals surface area contributed by atoms with Crippen LogP contribution in [0.15, 0.2) is 17.6 Å². The first-order valence-electron chi connectivity index (χ1n) is 4.71. The van der Waals surface area contributed by atoms with Gasteiger partial charge in [0.25, 0.3) is 0 Å². The maximum absolute atomic E-state index is 9.50. The van der Waals surface area contributed by atoms with E-state index in [4.69, 9.17) is 9.84 Å². The van der Waals surface area contributed by atoms with Gasteiger partial charge in [0.15, 0.2) is 5.16 Å². The molecule has 1 atom stereocenters. The maximum atomic E-state index is 9.50. The van der Waals surface area contributed by atoms with E-state index in [1.807, 2.05) is 17.8 Å². The summed E-state index contributed by atoms with van der Waals surface area (Å²) >= 11 is 1.48. The normalized spacial score (nSPS) is 13.0. The first-order valence-corrected chi connectivity index (χ1v) is 5.69. The lowest BCUT2D eigenvalue weighted by Gasteiger charge is -2.09. The van der Waals surface area contributed by atoms with E-state index in [1.54, 1.807) is 6.20 Å². The Balaban J connectivity index is 2.16. The summed E-state index contributed by atoms with van der Waals surface area (Å²) in [6.45, 7) is 0.501. The van der Waals surface area contributed by atoms with Crippen molar-refractivity contribution >= 4 is 11.8 Å². The van der Waals surface area contributed by atoms with Crippen LogP contribution in [0.25, 0.3) is 0 Å². The zero-order valence-electron chi connectivity index (χ0n) is 8.67. The van der Waals surface area contributed by atoms with Crippen molar-refractivity contribution in [2.75, 3.05) is 25.6 Å². The molecule has 5 nitrogen and oxygen atoms in total. The number of rotatable bonds is 7. The minimum Gasteiger partial charge on any atom is -0.394 e. The highest BCUT2D eigenvalue weighted by molar-refractivity contribution is 7.99. The molecule has 0 radical (unpaired) electrons. The van der Waals surface area contributed by atoms with Crippen molar-refractivity contribution in [1.29, 1.82) is 0 Å². The van der Waals surface area contributed by atoms with Crippen molar-refractivity contribution in [2.45, 2.75) is 11.3 Å². The van der Waals surface area contributed by atoms with Crippen molar-refractivity contribution < 1.29 is 14.9 Å². The molecule has 0 fully saturated rings. The van der Waals surface area contributed by atoms with Crippen LogP contribution in [0.2, 0.25) is 0 Å². The maximum Gasteiger partial charge on any atom is 0.167 e. The van der Waals surface area contributed by atoms with Crippen LogP contribution in [-0.4, -0.2) is 51.4 Å². The number of hydrogen-bond donors (Lipinski definition) is 2. The molecule has 86 valence electrons. The molecule has 2 N–H and O–H groups in total. The topological polar surface area (TPSA) is 67.5 Å². The lowest BCUT2D eigenvalue weighted by molar-refractivity contribution is 0.0311. The largest absolute Gasteiger partial charge is 0.394 e. The van der Waals surface area contributed by atoms with E-state index < -0.39 is 6.10 Å². The van der Waals surface area contributed by atoms with Crippen molar-refractivity contribution in [3.63, 3.8) is 0 Å². The lowest BCUT2D eigenvalue weighted by atomic mass is 10.4. The molecule has 1 rings (SSSR count). The Labute approximate surface area is 93.1 Å². The Kier molecular flexibility index (Phi) is 5.70. The van der Waals surface area contributed by atoms with Gasteiger partial charge >= 0.3 is 0 Å². The van der Waals surface area contributed by atoms with Crippen LogP contribution < -0.4 is 0 Å². The number of aliphatic hydroxyl groups excluding tert-OH is 2. The fraction of sp³-hybridized carbons (Fsp3) is 0.667. The summed E-state index contributed by atoms with van der Waals surface area (Å²) in [6, 6.07) is 0. The van der Waals surface area contributed by atoms with E-state index in [0.29, 0.717) is 5.75 Å². The standard InChI is InChI=1S/C9H16N2O3S/c1-11-3-2-10-9(11)15-7-8(13)6-14-5-4-12/h2-3,8,12-13H,4-7H2,1H3. The average Bonchev–Trinajstić information content (AvgIpc) is 2.61. The second-order valence-corrected chi connectivity index (χ2v) is 4.07. The van der Waals surface area contributed by atoms with Crippen LogP contribution in [-0.2, 0) is 11.8 Å². The van der Waals surface area contributed by atoms with Crippen molar-refractivity contribution in [3.8, 4) is 0 Å². The van der Waals surface area contributed by atoms with Crippen LogP contribution in [0.1, 0.15) is 0 Å². The first-order chi connectivity index (χ1) is 7.24. The molecule has 0 amide bonds. The number of nitrogens with zero attached hydrogens (tertiary/aromatic N) is 2. The summed E-state index contributed by atoms with van der Waals surface area (Å²) < 4.78 is 6.90. The quantitative estimate of drug-likeness (QED) is 0.507. The van der Waals surface area contributed by atoms with Crippen LogP contribution in [0.3, 0.4) is 0 Å². The van der Waals surface area contributed by atoms with Gasteiger partial charge in [-0.3, -0.25) is 0 Å². The first kappa shape index (κ1) is 12.5. The third-order valence-electron chi connectivity index (χ3n) is 1.73. The Hall–Kier alpha value is -0.560. The number of thioether (sulfide) groups is 1. The second kappa shape index (κ2) is 6.84.